The SMILES string of the molecule is Cc1ccc(NC(=O)c2cc(Cl)nc(C(C)C)c2)cc1Br. The van der Waals surface area contributed by atoms with Gasteiger partial charge < -0.3 is 5.32 Å². The molecule has 0 atom stereocenters. The van der Waals surface area contributed by atoms with Crippen LogP contribution in [0.25, 0.3) is 0 Å². The van der Waals surface area contributed by atoms with E-state index < -0.39 is 0 Å². The number of halogens is 2. The van der Waals surface area contributed by atoms with Crippen molar-refractivity contribution < 1.29 is 4.79 Å². The second-order valence-corrected chi connectivity index (χ2v) is 6.42. The van der Waals surface area contributed by atoms with E-state index in [0.29, 0.717) is 10.7 Å². The number of hydrogen-bond acceptors (Lipinski definition) is 2. The van der Waals surface area contributed by atoms with Gasteiger partial charge in [-0.3, -0.25) is 4.79 Å². The van der Waals surface area contributed by atoms with E-state index in [2.05, 4.69) is 26.2 Å². The molecular weight excluding hydrogens is 352 g/mol. The number of rotatable bonds is 3. The van der Waals surface area contributed by atoms with Crippen molar-refractivity contribution >= 4 is 39.1 Å². The lowest BCUT2D eigenvalue weighted by Crippen LogP contribution is -2.13. The van der Waals surface area contributed by atoms with Gasteiger partial charge in [0, 0.05) is 21.4 Å². The first-order chi connectivity index (χ1) is 9.86. The van der Waals surface area contributed by atoms with E-state index in [4.69, 9.17) is 11.6 Å². The molecule has 0 aliphatic heterocycles. The van der Waals surface area contributed by atoms with Gasteiger partial charge in [-0.25, -0.2) is 4.98 Å². The number of hydrogen-bond donors (Lipinski definition) is 1. The van der Waals surface area contributed by atoms with Gasteiger partial charge in [0.1, 0.15) is 5.15 Å². The van der Waals surface area contributed by atoms with Gasteiger partial charge in [0.25, 0.3) is 5.91 Å². The first kappa shape index (κ1) is 16.0. The summed E-state index contributed by atoms with van der Waals surface area (Å²) < 4.78 is 0.955. The van der Waals surface area contributed by atoms with E-state index in [1.807, 2.05) is 39.0 Å². The second-order valence-electron chi connectivity index (χ2n) is 5.18. The highest BCUT2D eigenvalue weighted by Gasteiger charge is 2.12. The average Bonchev–Trinajstić information content (AvgIpc) is 2.42. The van der Waals surface area contributed by atoms with E-state index in [-0.39, 0.29) is 11.8 Å². The molecule has 1 heterocycles. The predicted molar refractivity (Wildman–Crippen MR) is 90.2 cm³/mol. The normalized spacial score (nSPS) is 10.8. The predicted octanol–water partition coefficient (Wildman–Crippen LogP) is 5.18. The minimum Gasteiger partial charge on any atom is -0.322 e. The Balaban J connectivity index is 2.25. The van der Waals surface area contributed by atoms with Crippen molar-refractivity contribution in [3.05, 3.63) is 56.8 Å². The van der Waals surface area contributed by atoms with Crippen molar-refractivity contribution in [2.75, 3.05) is 5.32 Å². The largest absolute Gasteiger partial charge is 0.322 e. The summed E-state index contributed by atoms with van der Waals surface area (Å²) in [6.45, 7) is 6.02. The highest BCUT2D eigenvalue weighted by atomic mass is 79.9. The molecule has 0 saturated heterocycles. The number of nitrogens with one attached hydrogen (secondary N) is 1. The highest BCUT2D eigenvalue weighted by molar-refractivity contribution is 9.10. The van der Waals surface area contributed by atoms with Crippen LogP contribution < -0.4 is 5.32 Å². The minimum atomic E-state index is -0.197. The van der Waals surface area contributed by atoms with Gasteiger partial charge in [-0.05, 0) is 42.7 Å². The Bertz CT molecular complexity index is 686. The molecule has 0 fully saturated rings. The number of aryl methyl sites for hydroxylation is 1. The molecule has 110 valence electrons. The van der Waals surface area contributed by atoms with Gasteiger partial charge >= 0.3 is 0 Å². The molecule has 0 bridgehead atoms. The van der Waals surface area contributed by atoms with Crippen molar-refractivity contribution in [1.29, 1.82) is 0 Å². The Morgan fingerprint density at radius 3 is 2.62 bits per heavy atom. The number of nitrogens with zero attached hydrogens (tertiary/aromatic N) is 1. The van der Waals surface area contributed by atoms with Crippen LogP contribution in [0.5, 0.6) is 0 Å². The van der Waals surface area contributed by atoms with Crippen LogP contribution in [0.3, 0.4) is 0 Å². The van der Waals surface area contributed by atoms with Crippen molar-refractivity contribution in [3.63, 3.8) is 0 Å². The molecular formula is C16H16BrClN2O. The Hall–Kier alpha value is -1.39. The number of anilines is 1. The molecule has 21 heavy (non-hydrogen) atoms. The number of pyridine rings is 1. The summed E-state index contributed by atoms with van der Waals surface area (Å²) in [6.07, 6.45) is 0. The number of carbonyl (C=O) groups is 1. The van der Waals surface area contributed by atoms with Gasteiger partial charge in [-0.15, -0.1) is 0 Å². The first-order valence-corrected chi connectivity index (χ1v) is 7.79. The van der Waals surface area contributed by atoms with Crippen molar-refractivity contribution in [3.8, 4) is 0 Å². The van der Waals surface area contributed by atoms with Gasteiger partial charge in [0.05, 0.1) is 0 Å². The van der Waals surface area contributed by atoms with Gasteiger partial charge in [0.15, 0.2) is 0 Å². The Morgan fingerprint density at radius 1 is 1.29 bits per heavy atom. The number of amides is 1. The van der Waals surface area contributed by atoms with E-state index in [1.165, 1.54) is 0 Å². The molecule has 3 nitrogen and oxygen atoms in total. The van der Waals surface area contributed by atoms with Crippen LogP contribution in [-0.2, 0) is 0 Å². The average molecular weight is 368 g/mol. The van der Waals surface area contributed by atoms with Crippen molar-refractivity contribution in [2.45, 2.75) is 26.7 Å². The van der Waals surface area contributed by atoms with Crippen LogP contribution in [0, 0.1) is 6.92 Å². The molecule has 0 radical (unpaired) electrons. The first-order valence-electron chi connectivity index (χ1n) is 6.62. The molecule has 1 aromatic heterocycles. The maximum atomic E-state index is 12.3. The van der Waals surface area contributed by atoms with E-state index in [0.717, 1.165) is 21.4 Å². The molecule has 0 spiro atoms. The van der Waals surface area contributed by atoms with Crippen LogP contribution in [0.1, 0.15) is 41.4 Å². The Morgan fingerprint density at radius 2 is 2.00 bits per heavy atom. The molecule has 0 unspecified atom stereocenters. The quantitative estimate of drug-likeness (QED) is 0.759. The van der Waals surface area contributed by atoms with E-state index in [9.17, 15) is 4.79 Å². The molecule has 0 aliphatic carbocycles. The third-order valence-corrected chi connectivity index (χ3v) is 4.15. The molecule has 2 rings (SSSR count). The highest BCUT2D eigenvalue weighted by Crippen LogP contribution is 2.22. The summed E-state index contributed by atoms with van der Waals surface area (Å²) in [5.41, 5.74) is 3.16. The third-order valence-electron chi connectivity index (χ3n) is 3.10. The number of carbonyl (C=O) groups excluding carboxylic acids is 1. The summed E-state index contributed by atoms with van der Waals surface area (Å²) in [5.74, 6) is 0.0146. The summed E-state index contributed by atoms with van der Waals surface area (Å²) in [4.78, 5) is 16.6. The Labute approximate surface area is 137 Å². The van der Waals surface area contributed by atoms with E-state index in [1.54, 1.807) is 12.1 Å². The standard InChI is InChI=1S/C16H16BrClN2O/c1-9(2)14-6-11(7-15(18)20-14)16(21)19-12-5-4-10(3)13(17)8-12/h4-9H,1-3H3,(H,19,21). The lowest BCUT2D eigenvalue weighted by Gasteiger charge is -2.10. The van der Waals surface area contributed by atoms with Gasteiger partial charge in [-0.2, -0.15) is 0 Å². The van der Waals surface area contributed by atoms with Crippen LogP contribution in [0.2, 0.25) is 5.15 Å². The van der Waals surface area contributed by atoms with E-state index >= 15 is 0 Å². The number of benzene rings is 1. The maximum Gasteiger partial charge on any atom is 0.255 e. The minimum absolute atomic E-state index is 0.197. The zero-order valence-corrected chi connectivity index (χ0v) is 14.4. The Kier molecular flexibility index (Phi) is 5.01. The molecule has 5 heteroatoms. The molecule has 1 amide bonds. The summed E-state index contributed by atoms with van der Waals surface area (Å²) in [5, 5.41) is 3.19. The molecule has 1 aromatic carbocycles. The van der Waals surface area contributed by atoms with Crippen LogP contribution in [-0.4, -0.2) is 10.9 Å². The van der Waals surface area contributed by atoms with Crippen molar-refractivity contribution in [1.82, 2.24) is 4.98 Å². The van der Waals surface area contributed by atoms with Crippen LogP contribution in [0.15, 0.2) is 34.8 Å². The fourth-order valence-corrected chi connectivity index (χ4v) is 2.41. The smallest absolute Gasteiger partial charge is 0.255 e. The monoisotopic (exact) mass is 366 g/mol. The molecule has 1 N–H and O–H groups in total. The third kappa shape index (κ3) is 4.05. The summed E-state index contributed by atoms with van der Waals surface area (Å²) in [6, 6.07) is 9.03. The zero-order valence-electron chi connectivity index (χ0n) is 12.1. The lowest BCUT2D eigenvalue weighted by atomic mass is 10.1. The maximum absolute atomic E-state index is 12.3. The number of aromatic nitrogens is 1. The molecule has 2 aromatic rings. The van der Waals surface area contributed by atoms with Crippen LogP contribution in [0.4, 0.5) is 5.69 Å². The fourth-order valence-electron chi connectivity index (χ4n) is 1.82. The van der Waals surface area contributed by atoms with Gasteiger partial charge in [-0.1, -0.05) is 47.4 Å². The summed E-state index contributed by atoms with van der Waals surface area (Å²) in [7, 11) is 0. The zero-order chi connectivity index (χ0) is 15.6. The molecule has 0 saturated carbocycles. The fraction of sp³-hybridized carbons (Fsp3) is 0.250. The van der Waals surface area contributed by atoms with Crippen LogP contribution >= 0.6 is 27.5 Å². The summed E-state index contributed by atoms with van der Waals surface area (Å²) >= 11 is 9.44. The van der Waals surface area contributed by atoms with Gasteiger partial charge in [0.2, 0.25) is 0 Å². The second kappa shape index (κ2) is 6.58. The molecule has 0 aliphatic rings. The lowest BCUT2D eigenvalue weighted by molar-refractivity contribution is 0.102. The van der Waals surface area contributed by atoms with Crippen molar-refractivity contribution in [2.24, 2.45) is 0 Å². The topological polar surface area (TPSA) is 42.0 Å².